The molecule has 16 heavy (non-hydrogen) atoms. The van der Waals surface area contributed by atoms with Gasteiger partial charge in [-0.05, 0) is 29.7 Å². The summed E-state index contributed by atoms with van der Waals surface area (Å²) in [5.41, 5.74) is 8.25. The van der Waals surface area contributed by atoms with Crippen molar-refractivity contribution in [3.8, 4) is 0 Å². The molecule has 2 aromatic rings. The summed E-state index contributed by atoms with van der Waals surface area (Å²) in [5.74, 6) is 0.0623. The Kier molecular flexibility index (Phi) is 2.46. The van der Waals surface area contributed by atoms with Gasteiger partial charge in [0.25, 0.3) is 0 Å². The normalized spacial score (nSPS) is 11.2. The Morgan fingerprint density at radius 3 is 2.62 bits per heavy atom. The lowest BCUT2D eigenvalue weighted by molar-refractivity contribution is 0.100. The second kappa shape index (κ2) is 3.67. The maximum absolute atomic E-state index is 11.1. The van der Waals surface area contributed by atoms with Crippen molar-refractivity contribution in [1.29, 1.82) is 0 Å². The van der Waals surface area contributed by atoms with E-state index < -0.39 is 0 Å². The van der Waals surface area contributed by atoms with Gasteiger partial charge in [0.1, 0.15) is 0 Å². The van der Waals surface area contributed by atoms with Gasteiger partial charge in [0, 0.05) is 29.7 Å². The number of primary amides is 1. The summed E-state index contributed by atoms with van der Waals surface area (Å²) in [6.07, 6.45) is 2.11. The van der Waals surface area contributed by atoms with E-state index in [1.165, 1.54) is 5.56 Å². The zero-order valence-electron chi connectivity index (χ0n) is 9.82. The number of nitrogens with zero attached hydrogens (tertiary/aromatic N) is 1. The molecule has 0 atom stereocenters. The molecule has 2 N–H and O–H groups in total. The standard InChI is InChI=1S/C13H16N2O/c1-8(2)11-7-15(3)12-5-4-9(13(14)16)6-10(11)12/h4-8H,1-3H3,(H2,14,16). The topological polar surface area (TPSA) is 48.0 Å². The van der Waals surface area contributed by atoms with Crippen molar-refractivity contribution in [2.24, 2.45) is 12.8 Å². The highest BCUT2D eigenvalue weighted by molar-refractivity contribution is 5.98. The molecule has 1 aromatic heterocycles. The van der Waals surface area contributed by atoms with Crippen molar-refractivity contribution in [2.45, 2.75) is 19.8 Å². The van der Waals surface area contributed by atoms with E-state index in [4.69, 9.17) is 5.73 Å². The summed E-state index contributed by atoms with van der Waals surface area (Å²) >= 11 is 0. The number of nitrogens with two attached hydrogens (primary N) is 1. The molecule has 1 amide bonds. The van der Waals surface area contributed by atoms with Crippen LogP contribution < -0.4 is 5.73 Å². The predicted molar refractivity (Wildman–Crippen MR) is 65.5 cm³/mol. The number of carbonyl (C=O) groups excluding carboxylic acids is 1. The molecule has 1 heterocycles. The average molecular weight is 216 g/mol. The molecule has 3 nitrogen and oxygen atoms in total. The minimum Gasteiger partial charge on any atom is -0.366 e. The maximum Gasteiger partial charge on any atom is 0.248 e. The summed E-state index contributed by atoms with van der Waals surface area (Å²) in [6.45, 7) is 4.29. The van der Waals surface area contributed by atoms with E-state index in [1.807, 2.05) is 19.2 Å². The van der Waals surface area contributed by atoms with Crippen molar-refractivity contribution in [3.63, 3.8) is 0 Å². The fourth-order valence-corrected chi connectivity index (χ4v) is 2.04. The van der Waals surface area contributed by atoms with Crippen molar-refractivity contribution < 1.29 is 4.79 Å². The van der Waals surface area contributed by atoms with Crippen molar-refractivity contribution >= 4 is 16.8 Å². The van der Waals surface area contributed by atoms with E-state index in [0.717, 1.165) is 10.9 Å². The molecule has 3 heteroatoms. The lowest BCUT2D eigenvalue weighted by Gasteiger charge is -2.03. The maximum atomic E-state index is 11.1. The molecule has 0 aliphatic carbocycles. The minimum atomic E-state index is -0.375. The van der Waals surface area contributed by atoms with Crippen LogP contribution in [0.25, 0.3) is 10.9 Å². The molecule has 0 fully saturated rings. The summed E-state index contributed by atoms with van der Waals surface area (Å²) in [6, 6.07) is 5.60. The van der Waals surface area contributed by atoms with Crippen molar-refractivity contribution in [3.05, 3.63) is 35.5 Å². The first-order valence-electron chi connectivity index (χ1n) is 5.39. The summed E-state index contributed by atoms with van der Waals surface area (Å²) < 4.78 is 2.08. The average Bonchev–Trinajstić information content (AvgIpc) is 2.56. The number of fused-ring (bicyclic) bond motifs is 1. The van der Waals surface area contributed by atoms with Gasteiger partial charge in [-0.3, -0.25) is 4.79 Å². The molecule has 84 valence electrons. The zero-order valence-corrected chi connectivity index (χ0v) is 9.82. The fraction of sp³-hybridized carbons (Fsp3) is 0.308. The van der Waals surface area contributed by atoms with Gasteiger partial charge in [0.05, 0.1) is 0 Å². The second-order valence-corrected chi connectivity index (χ2v) is 4.45. The largest absolute Gasteiger partial charge is 0.366 e. The Morgan fingerprint density at radius 2 is 2.06 bits per heavy atom. The van der Waals surface area contributed by atoms with Gasteiger partial charge in [-0.2, -0.15) is 0 Å². The third kappa shape index (κ3) is 1.58. The first-order chi connectivity index (χ1) is 7.50. The number of aryl methyl sites for hydroxylation is 1. The highest BCUT2D eigenvalue weighted by Crippen LogP contribution is 2.27. The Labute approximate surface area is 94.9 Å². The van der Waals surface area contributed by atoms with Crippen molar-refractivity contribution in [2.75, 3.05) is 0 Å². The van der Waals surface area contributed by atoms with Crippen molar-refractivity contribution in [1.82, 2.24) is 4.57 Å². The molecule has 2 rings (SSSR count). The Balaban J connectivity index is 2.74. The first-order valence-corrected chi connectivity index (χ1v) is 5.39. The van der Waals surface area contributed by atoms with Gasteiger partial charge in [0.2, 0.25) is 5.91 Å². The fourth-order valence-electron chi connectivity index (χ4n) is 2.04. The number of aromatic nitrogens is 1. The Hall–Kier alpha value is -1.77. The molecule has 0 spiro atoms. The summed E-state index contributed by atoms with van der Waals surface area (Å²) in [5, 5.41) is 1.12. The monoisotopic (exact) mass is 216 g/mol. The summed E-state index contributed by atoms with van der Waals surface area (Å²) in [4.78, 5) is 11.1. The molecular weight excluding hydrogens is 200 g/mol. The van der Waals surface area contributed by atoms with Crippen LogP contribution in [0.5, 0.6) is 0 Å². The smallest absolute Gasteiger partial charge is 0.248 e. The highest BCUT2D eigenvalue weighted by atomic mass is 16.1. The molecule has 0 unspecified atom stereocenters. The van der Waals surface area contributed by atoms with Crippen LogP contribution in [-0.2, 0) is 7.05 Å². The van der Waals surface area contributed by atoms with Crippen LogP contribution in [0.4, 0.5) is 0 Å². The molecule has 0 saturated carbocycles. The third-order valence-electron chi connectivity index (χ3n) is 2.93. The predicted octanol–water partition coefficient (Wildman–Crippen LogP) is 2.40. The van der Waals surface area contributed by atoms with Crippen LogP contribution in [0.15, 0.2) is 24.4 Å². The first kappa shape index (κ1) is 10.7. The van der Waals surface area contributed by atoms with Crippen LogP contribution in [0.3, 0.4) is 0 Å². The van der Waals surface area contributed by atoms with Crippen LogP contribution in [-0.4, -0.2) is 10.5 Å². The quantitative estimate of drug-likeness (QED) is 0.823. The second-order valence-electron chi connectivity index (χ2n) is 4.45. The molecular formula is C13H16N2O. The van der Waals surface area contributed by atoms with E-state index in [1.54, 1.807) is 6.07 Å². The lowest BCUT2D eigenvalue weighted by Crippen LogP contribution is -2.10. The van der Waals surface area contributed by atoms with Gasteiger partial charge >= 0.3 is 0 Å². The van der Waals surface area contributed by atoms with Crippen LogP contribution >= 0.6 is 0 Å². The molecule has 0 radical (unpaired) electrons. The van der Waals surface area contributed by atoms with E-state index in [0.29, 0.717) is 11.5 Å². The number of rotatable bonds is 2. The van der Waals surface area contributed by atoms with Crippen LogP contribution in [0.1, 0.15) is 35.7 Å². The zero-order chi connectivity index (χ0) is 11.9. The molecule has 0 aliphatic rings. The number of hydrogen-bond acceptors (Lipinski definition) is 1. The Bertz CT molecular complexity index is 552. The molecule has 1 aromatic carbocycles. The van der Waals surface area contributed by atoms with Crippen LogP contribution in [0, 0.1) is 0 Å². The molecule has 0 bridgehead atoms. The number of carbonyl (C=O) groups is 1. The number of benzene rings is 1. The third-order valence-corrected chi connectivity index (χ3v) is 2.93. The van der Waals surface area contributed by atoms with E-state index in [9.17, 15) is 4.79 Å². The molecule has 0 aliphatic heterocycles. The summed E-state index contributed by atoms with van der Waals surface area (Å²) in [7, 11) is 2.01. The van der Waals surface area contributed by atoms with E-state index >= 15 is 0 Å². The number of hydrogen-bond donors (Lipinski definition) is 1. The van der Waals surface area contributed by atoms with Gasteiger partial charge in [0.15, 0.2) is 0 Å². The molecule has 0 saturated heterocycles. The minimum absolute atomic E-state index is 0.375. The van der Waals surface area contributed by atoms with Crippen LogP contribution in [0.2, 0.25) is 0 Å². The van der Waals surface area contributed by atoms with Gasteiger partial charge < -0.3 is 10.3 Å². The highest BCUT2D eigenvalue weighted by Gasteiger charge is 2.11. The Morgan fingerprint density at radius 1 is 1.38 bits per heavy atom. The number of amides is 1. The lowest BCUT2D eigenvalue weighted by atomic mass is 10.0. The van der Waals surface area contributed by atoms with Gasteiger partial charge in [-0.25, -0.2) is 0 Å². The SMILES string of the molecule is CC(C)c1cn(C)c2ccc(C(N)=O)cc12. The van der Waals surface area contributed by atoms with E-state index in [-0.39, 0.29) is 5.91 Å². The van der Waals surface area contributed by atoms with Gasteiger partial charge in [-0.15, -0.1) is 0 Å². The van der Waals surface area contributed by atoms with Gasteiger partial charge in [-0.1, -0.05) is 13.8 Å². The van der Waals surface area contributed by atoms with E-state index in [2.05, 4.69) is 24.6 Å².